The number of aryl methyl sites for hydroxylation is 1. The molecule has 0 bridgehead atoms. The van der Waals surface area contributed by atoms with E-state index in [4.69, 9.17) is 5.11 Å². The lowest BCUT2D eigenvalue weighted by atomic mass is 10.3. The molecule has 5 nitrogen and oxygen atoms in total. The predicted molar refractivity (Wildman–Crippen MR) is 55.5 cm³/mol. The summed E-state index contributed by atoms with van der Waals surface area (Å²) in [5.74, 6) is 0.218. The van der Waals surface area contributed by atoms with Gasteiger partial charge in [0.05, 0.1) is 18.1 Å². The number of hydrogen-bond acceptors (Lipinski definition) is 4. The van der Waals surface area contributed by atoms with Crippen LogP contribution in [-0.2, 0) is 7.05 Å². The van der Waals surface area contributed by atoms with E-state index in [9.17, 15) is 0 Å². The number of nitrogens with zero attached hydrogens (tertiary/aromatic N) is 4. The number of aromatic nitrogens is 2. The van der Waals surface area contributed by atoms with Gasteiger partial charge in [0.1, 0.15) is 11.4 Å². The number of phenols is 1. The number of aromatic hydroxyl groups is 1. The van der Waals surface area contributed by atoms with Crippen LogP contribution in [0.4, 0.5) is 11.4 Å². The van der Waals surface area contributed by atoms with Crippen molar-refractivity contribution in [2.45, 2.75) is 0 Å². The van der Waals surface area contributed by atoms with Crippen LogP contribution in [0.15, 0.2) is 46.9 Å². The van der Waals surface area contributed by atoms with Crippen molar-refractivity contribution < 1.29 is 5.11 Å². The molecule has 0 amide bonds. The van der Waals surface area contributed by atoms with Gasteiger partial charge in [0, 0.05) is 7.05 Å². The van der Waals surface area contributed by atoms with Gasteiger partial charge in [-0.15, -0.1) is 5.11 Å². The molecule has 2 rings (SSSR count). The van der Waals surface area contributed by atoms with Gasteiger partial charge in [-0.2, -0.15) is 10.2 Å². The molecule has 0 atom stereocenters. The minimum Gasteiger partial charge on any atom is -0.508 e. The molecule has 0 unspecified atom stereocenters. The first-order valence-electron chi connectivity index (χ1n) is 4.43. The van der Waals surface area contributed by atoms with Gasteiger partial charge < -0.3 is 5.11 Å². The second kappa shape index (κ2) is 3.91. The summed E-state index contributed by atoms with van der Waals surface area (Å²) in [4.78, 5) is 0. The summed E-state index contributed by atoms with van der Waals surface area (Å²) in [6.45, 7) is 0. The molecule has 0 saturated heterocycles. The smallest absolute Gasteiger partial charge is 0.124 e. The molecule has 5 heteroatoms. The van der Waals surface area contributed by atoms with Crippen molar-refractivity contribution in [1.29, 1.82) is 0 Å². The fraction of sp³-hybridized carbons (Fsp3) is 0.100. The van der Waals surface area contributed by atoms with E-state index in [0.29, 0.717) is 11.4 Å². The Hall–Kier alpha value is -2.17. The molecular weight excluding hydrogens is 192 g/mol. The topological polar surface area (TPSA) is 62.8 Å². The second-order valence-corrected chi connectivity index (χ2v) is 3.09. The molecule has 0 aliphatic heterocycles. The molecule has 0 saturated carbocycles. The van der Waals surface area contributed by atoms with E-state index in [1.54, 1.807) is 41.3 Å². The summed E-state index contributed by atoms with van der Waals surface area (Å²) in [6.07, 6.45) is 3.40. The van der Waals surface area contributed by atoms with Crippen LogP contribution in [0.5, 0.6) is 5.75 Å². The van der Waals surface area contributed by atoms with Gasteiger partial charge in [0.2, 0.25) is 0 Å². The number of rotatable bonds is 2. The first kappa shape index (κ1) is 9.39. The minimum atomic E-state index is 0.218. The first-order chi connectivity index (χ1) is 7.24. The highest BCUT2D eigenvalue weighted by molar-refractivity contribution is 5.41. The maximum Gasteiger partial charge on any atom is 0.124 e. The minimum absolute atomic E-state index is 0.218. The average Bonchev–Trinajstić information content (AvgIpc) is 2.64. The van der Waals surface area contributed by atoms with E-state index < -0.39 is 0 Å². The van der Waals surface area contributed by atoms with Crippen LogP contribution >= 0.6 is 0 Å². The molecule has 1 aromatic carbocycles. The van der Waals surface area contributed by atoms with E-state index in [0.717, 1.165) is 0 Å². The third kappa shape index (κ3) is 2.40. The lowest BCUT2D eigenvalue weighted by molar-refractivity contribution is 0.475. The summed E-state index contributed by atoms with van der Waals surface area (Å²) >= 11 is 0. The zero-order valence-corrected chi connectivity index (χ0v) is 8.20. The molecular formula is C10H10N4O. The highest BCUT2D eigenvalue weighted by Crippen LogP contribution is 2.19. The average molecular weight is 202 g/mol. The molecule has 1 heterocycles. The molecule has 0 aliphatic rings. The fourth-order valence-electron chi connectivity index (χ4n) is 1.09. The maximum atomic E-state index is 9.06. The highest BCUT2D eigenvalue weighted by atomic mass is 16.3. The van der Waals surface area contributed by atoms with Crippen LogP contribution < -0.4 is 0 Å². The van der Waals surface area contributed by atoms with Crippen LogP contribution in [0.1, 0.15) is 0 Å². The standard InChI is InChI=1S/C10H10N4O/c1-14-7-9(6-11-14)13-12-8-2-4-10(15)5-3-8/h2-7,15H,1H3/b13-12+. The van der Waals surface area contributed by atoms with Crippen LogP contribution in [0.2, 0.25) is 0 Å². The Labute approximate surface area is 86.7 Å². The number of benzene rings is 1. The van der Waals surface area contributed by atoms with Crippen molar-refractivity contribution in [3.63, 3.8) is 0 Å². The van der Waals surface area contributed by atoms with Crippen LogP contribution in [0.3, 0.4) is 0 Å². The second-order valence-electron chi connectivity index (χ2n) is 3.09. The summed E-state index contributed by atoms with van der Waals surface area (Å²) in [5, 5.41) is 21.0. The summed E-state index contributed by atoms with van der Waals surface area (Å²) in [6, 6.07) is 6.51. The molecule has 0 fully saturated rings. The number of phenolic OH excluding ortho intramolecular Hbond substituents is 1. The molecule has 1 N–H and O–H groups in total. The van der Waals surface area contributed by atoms with Crippen molar-refractivity contribution in [1.82, 2.24) is 9.78 Å². The Morgan fingerprint density at radius 2 is 1.80 bits per heavy atom. The number of azo groups is 1. The predicted octanol–water partition coefficient (Wildman–Crippen LogP) is 2.54. The van der Waals surface area contributed by atoms with Gasteiger partial charge >= 0.3 is 0 Å². The third-order valence-electron chi connectivity index (χ3n) is 1.82. The van der Waals surface area contributed by atoms with E-state index in [-0.39, 0.29) is 5.75 Å². The Bertz CT molecular complexity index is 472. The Morgan fingerprint density at radius 3 is 2.40 bits per heavy atom. The summed E-state index contributed by atoms with van der Waals surface area (Å²) in [5.41, 5.74) is 1.39. The van der Waals surface area contributed by atoms with Crippen molar-refractivity contribution in [2.75, 3.05) is 0 Å². The molecule has 15 heavy (non-hydrogen) atoms. The van der Waals surface area contributed by atoms with E-state index in [1.807, 2.05) is 7.05 Å². The molecule has 0 spiro atoms. The third-order valence-corrected chi connectivity index (χ3v) is 1.82. The van der Waals surface area contributed by atoms with Gasteiger partial charge in [0.25, 0.3) is 0 Å². The van der Waals surface area contributed by atoms with Crippen molar-refractivity contribution in [3.8, 4) is 5.75 Å². The highest BCUT2D eigenvalue weighted by Gasteiger charge is 1.93. The lowest BCUT2D eigenvalue weighted by Crippen LogP contribution is -1.83. The van der Waals surface area contributed by atoms with Gasteiger partial charge in [-0.1, -0.05) is 0 Å². The van der Waals surface area contributed by atoms with Gasteiger partial charge in [-0.05, 0) is 24.3 Å². The quantitative estimate of drug-likeness (QED) is 0.760. The van der Waals surface area contributed by atoms with Crippen molar-refractivity contribution in [3.05, 3.63) is 36.7 Å². The maximum absolute atomic E-state index is 9.06. The van der Waals surface area contributed by atoms with Crippen LogP contribution in [0, 0.1) is 0 Å². The van der Waals surface area contributed by atoms with Gasteiger partial charge in [-0.25, -0.2) is 0 Å². The van der Waals surface area contributed by atoms with Crippen molar-refractivity contribution >= 4 is 11.4 Å². The normalized spacial score (nSPS) is 11.0. The zero-order chi connectivity index (χ0) is 10.7. The largest absolute Gasteiger partial charge is 0.508 e. The SMILES string of the molecule is Cn1cc(/N=N/c2ccc(O)cc2)cn1. The van der Waals surface area contributed by atoms with Crippen molar-refractivity contribution in [2.24, 2.45) is 17.3 Å². The first-order valence-corrected chi connectivity index (χ1v) is 4.43. The van der Waals surface area contributed by atoms with Gasteiger partial charge in [-0.3, -0.25) is 4.68 Å². The van der Waals surface area contributed by atoms with Crippen LogP contribution in [0.25, 0.3) is 0 Å². The van der Waals surface area contributed by atoms with Crippen LogP contribution in [-0.4, -0.2) is 14.9 Å². The molecule has 0 radical (unpaired) electrons. The van der Waals surface area contributed by atoms with E-state index in [2.05, 4.69) is 15.3 Å². The Morgan fingerprint density at radius 1 is 1.13 bits per heavy atom. The number of hydrogen-bond donors (Lipinski definition) is 1. The monoisotopic (exact) mass is 202 g/mol. The molecule has 0 aliphatic carbocycles. The Balaban J connectivity index is 2.14. The van der Waals surface area contributed by atoms with E-state index in [1.165, 1.54) is 0 Å². The fourth-order valence-corrected chi connectivity index (χ4v) is 1.09. The Kier molecular flexibility index (Phi) is 2.45. The lowest BCUT2D eigenvalue weighted by Gasteiger charge is -1.91. The molecule has 76 valence electrons. The summed E-state index contributed by atoms with van der Waals surface area (Å²) < 4.78 is 1.66. The molecule has 2 aromatic rings. The van der Waals surface area contributed by atoms with Gasteiger partial charge in [0.15, 0.2) is 0 Å². The molecule has 1 aromatic heterocycles. The zero-order valence-electron chi connectivity index (χ0n) is 8.20. The van der Waals surface area contributed by atoms with E-state index >= 15 is 0 Å². The summed E-state index contributed by atoms with van der Waals surface area (Å²) in [7, 11) is 1.82.